The average Bonchev–Trinajstić information content (AvgIpc) is 3.59. The standard InChI is InChI=1S/C28H33FN6O3/c1-3-26(27-31-32-33-35(27)18-24-6-5-13-38-24)34(16-19-7-9-22(29)10-8-19)17-21-14-20-15-23(37-4-2)11-12-25(20)30-28(21)36/h7-12,14-15,24,26H,3-6,13,16-18H2,1-2H3,(H,30,36)/t24-,26-/m1/s1. The normalized spacial score (nSPS) is 16.4. The highest BCUT2D eigenvalue weighted by atomic mass is 19.1. The lowest BCUT2D eigenvalue weighted by Gasteiger charge is -2.30. The number of pyridine rings is 1. The minimum absolute atomic E-state index is 0.0863. The van der Waals surface area contributed by atoms with Crippen molar-refractivity contribution in [3.8, 4) is 5.75 Å². The van der Waals surface area contributed by atoms with Crippen LogP contribution in [0.3, 0.4) is 0 Å². The average molecular weight is 521 g/mol. The molecule has 0 amide bonds. The molecular weight excluding hydrogens is 487 g/mol. The van der Waals surface area contributed by atoms with Crippen LogP contribution in [-0.2, 0) is 24.4 Å². The van der Waals surface area contributed by atoms with Gasteiger partial charge in [-0.1, -0.05) is 19.1 Å². The second kappa shape index (κ2) is 11.8. The lowest BCUT2D eigenvalue weighted by Crippen LogP contribution is -2.33. The van der Waals surface area contributed by atoms with E-state index >= 15 is 0 Å². The molecule has 0 radical (unpaired) electrons. The van der Waals surface area contributed by atoms with Crippen molar-refractivity contribution in [1.29, 1.82) is 0 Å². The zero-order chi connectivity index (χ0) is 26.5. The van der Waals surface area contributed by atoms with Gasteiger partial charge in [0.25, 0.3) is 5.56 Å². The molecule has 2 aromatic heterocycles. The monoisotopic (exact) mass is 520 g/mol. The first-order valence-electron chi connectivity index (χ1n) is 13.2. The van der Waals surface area contributed by atoms with Gasteiger partial charge in [0.05, 0.1) is 25.3 Å². The second-order valence-corrected chi connectivity index (χ2v) is 9.62. The molecule has 0 spiro atoms. The summed E-state index contributed by atoms with van der Waals surface area (Å²) >= 11 is 0. The number of aromatic nitrogens is 5. The van der Waals surface area contributed by atoms with Crippen molar-refractivity contribution in [2.45, 2.75) is 64.9 Å². The van der Waals surface area contributed by atoms with Crippen molar-refractivity contribution in [2.24, 2.45) is 0 Å². The number of hydrogen-bond acceptors (Lipinski definition) is 7. The van der Waals surface area contributed by atoms with E-state index < -0.39 is 0 Å². The van der Waals surface area contributed by atoms with Crippen LogP contribution in [0, 0.1) is 5.82 Å². The number of tetrazole rings is 1. The van der Waals surface area contributed by atoms with Crippen molar-refractivity contribution >= 4 is 10.9 Å². The van der Waals surface area contributed by atoms with Crippen molar-refractivity contribution in [3.63, 3.8) is 0 Å². The number of nitrogens with zero attached hydrogens (tertiary/aromatic N) is 5. The molecule has 200 valence electrons. The van der Waals surface area contributed by atoms with Crippen molar-refractivity contribution < 1.29 is 13.9 Å². The van der Waals surface area contributed by atoms with Gasteiger partial charge in [0.15, 0.2) is 5.82 Å². The lowest BCUT2D eigenvalue weighted by molar-refractivity contribution is 0.0888. The minimum Gasteiger partial charge on any atom is -0.494 e. The van der Waals surface area contributed by atoms with Gasteiger partial charge in [-0.3, -0.25) is 9.69 Å². The molecule has 38 heavy (non-hydrogen) atoms. The van der Waals surface area contributed by atoms with Gasteiger partial charge >= 0.3 is 0 Å². The topological polar surface area (TPSA) is 98.2 Å². The molecule has 2 aromatic carbocycles. The maximum absolute atomic E-state index is 13.6. The van der Waals surface area contributed by atoms with E-state index in [4.69, 9.17) is 9.47 Å². The molecule has 0 saturated carbocycles. The number of ether oxygens (including phenoxy) is 2. The Labute approximate surface area is 220 Å². The van der Waals surface area contributed by atoms with Crippen LogP contribution >= 0.6 is 0 Å². The highest BCUT2D eigenvalue weighted by molar-refractivity contribution is 5.80. The molecule has 1 N–H and O–H groups in total. The van der Waals surface area contributed by atoms with Gasteiger partial charge in [0, 0.05) is 36.2 Å². The summed E-state index contributed by atoms with van der Waals surface area (Å²) in [5.41, 5.74) is 2.14. The van der Waals surface area contributed by atoms with E-state index in [2.05, 4.69) is 32.3 Å². The summed E-state index contributed by atoms with van der Waals surface area (Å²) in [5.74, 6) is 1.19. The summed E-state index contributed by atoms with van der Waals surface area (Å²) in [7, 11) is 0. The maximum Gasteiger partial charge on any atom is 0.252 e. The molecule has 0 aliphatic carbocycles. The van der Waals surface area contributed by atoms with Crippen molar-refractivity contribution in [2.75, 3.05) is 13.2 Å². The Morgan fingerprint density at radius 3 is 2.76 bits per heavy atom. The molecule has 0 bridgehead atoms. The van der Waals surface area contributed by atoms with Gasteiger partial charge in [-0.15, -0.1) is 5.10 Å². The van der Waals surface area contributed by atoms with E-state index in [0.29, 0.717) is 38.2 Å². The third kappa shape index (κ3) is 5.92. The Kier molecular flexibility index (Phi) is 8.09. The highest BCUT2D eigenvalue weighted by Gasteiger charge is 2.28. The Morgan fingerprint density at radius 1 is 1.18 bits per heavy atom. The number of fused-ring (bicyclic) bond motifs is 1. The first kappa shape index (κ1) is 26.0. The number of hydrogen-bond donors (Lipinski definition) is 1. The summed E-state index contributed by atoms with van der Waals surface area (Å²) in [4.78, 5) is 18.3. The number of nitrogens with one attached hydrogen (secondary N) is 1. The van der Waals surface area contributed by atoms with E-state index in [1.54, 1.807) is 12.1 Å². The Hall–Kier alpha value is -3.63. The molecule has 10 heteroatoms. The first-order valence-corrected chi connectivity index (χ1v) is 13.2. The summed E-state index contributed by atoms with van der Waals surface area (Å²) in [5, 5.41) is 13.5. The molecular formula is C28H33FN6O3. The predicted octanol–water partition coefficient (Wildman–Crippen LogP) is 4.38. The molecule has 1 aliphatic heterocycles. The third-order valence-corrected chi connectivity index (χ3v) is 6.96. The number of H-pyrrole nitrogens is 1. The quantitative estimate of drug-likeness (QED) is 0.313. The fourth-order valence-corrected chi connectivity index (χ4v) is 5.09. The number of halogens is 1. The number of aromatic amines is 1. The van der Waals surface area contributed by atoms with Crippen LogP contribution in [-0.4, -0.2) is 49.4 Å². The van der Waals surface area contributed by atoms with E-state index in [1.807, 2.05) is 35.9 Å². The Bertz CT molecular complexity index is 1410. The second-order valence-electron chi connectivity index (χ2n) is 9.62. The zero-order valence-corrected chi connectivity index (χ0v) is 21.8. The molecule has 1 saturated heterocycles. The number of rotatable bonds is 11. The SMILES string of the molecule is CCOc1ccc2[nH]c(=O)c(CN(Cc3ccc(F)cc3)[C@H](CC)c3nnnn3C[C@H]3CCCO3)cc2c1. The highest BCUT2D eigenvalue weighted by Crippen LogP contribution is 2.28. The lowest BCUT2D eigenvalue weighted by atomic mass is 10.1. The molecule has 0 unspecified atom stereocenters. The van der Waals surface area contributed by atoms with Crippen LogP contribution < -0.4 is 10.3 Å². The minimum atomic E-state index is -0.288. The summed E-state index contributed by atoms with van der Waals surface area (Å²) < 4.78 is 26.9. The van der Waals surface area contributed by atoms with Gasteiger partial charge < -0.3 is 14.5 Å². The van der Waals surface area contributed by atoms with Crippen LogP contribution in [0.4, 0.5) is 4.39 Å². The summed E-state index contributed by atoms with van der Waals surface area (Å²) in [6, 6.07) is 13.8. The molecule has 3 heterocycles. The molecule has 5 rings (SSSR count). The van der Waals surface area contributed by atoms with E-state index in [1.165, 1.54) is 12.1 Å². The molecule has 4 aromatic rings. The van der Waals surface area contributed by atoms with Gasteiger partial charge in [-0.05, 0) is 78.6 Å². The van der Waals surface area contributed by atoms with Gasteiger partial charge in [0.1, 0.15) is 11.6 Å². The Morgan fingerprint density at radius 2 is 2.03 bits per heavy atom. The van der Waals surface area contributed by atoms with Gasteiger partial charge in [-0.25, -0.2) is 9.07 Å². The van der Waals surface area contributed by atoms with Crippen LogP contribution in [0.2, 0.25) is 0 Å². The molecule has 2 atom stereocenters. The van der Waals surface area contributed by atoms with Crippen LogP contribution in [0.15, 0.2) is 53.3 Å². The van der Waals surface area contributed by atoms with Gasteiger partial charge in [0.2, 0.25) is 0 Å². The van der Waals surface area contributed by atoms with E-state index in [9.17, 15) is 9.18 Å². The summed E-state index contributed by atoms with van der Waals surface area (Å²) in [6.07, 6.45) is 2.81. The maximum atomic E-state index is 13.6. The molecule has 1 aliphatic rings. The fraction of sp³-hybridized carbons (Fsp3) is 0.429. The largest absolute Gasteiger partial charge is 0.494 e. The van der Waals surface area contributed by atoms with Gasteiger partial charge in [-0.2, -0.15) is 0 Å². The van der Waals surface area contributed by atoms with Crippen LogP contribution in [0.5, 0.6) is 5.75 Å². The summed E-state index contributed by atoms with van der Waals surface area (Å²) in [6.45, 7) is 6.76. The fourth-order valence-electron chi connectivity index (χ4n) is 5.09. The third-order valence-electron chi connectivity index (χ3n) is 6.96. The first-order chi connectivity index (χ1) is 18.5. The predicted molar refractivity (Wildman–Crippen MR) is 141 cm³/mol. The molecule has 1 fully saturated rings. The zero-order valence-electron chi connectivity index (χ0n) is 21.8. The van der Waals surface area contributed by atoms with Crippen molar-refractivity contribution in [3.05, 3.63) is 81.7 Å². The van der Waals surface area contributed by atoms with Crippen LogP contribution in [0.25, 0.3) is 10.9 Å². The smallest absolute Gasteiger partial charge is 0.252 e. The van der Waals surface area contributed by atoms with E-state index in [0.717, 1.165) is 47.5 Å². The van der Waals surface area contributed by atoms with E-state index in [-0.39, 0.29) is 23.5 Å². The van der Waals surface area contributed by atoms with Crippen molar-refractivity contribution in [1.82, 2.24) is 30.1 Å². The Balaban J connectivity index is 1.49. The number of benzene rings is 2. The van der Waals surface area contributed by atoms with Crippen LogP contribution in [0.1, 0.15) is 56.1 Å². The molecule has 9 nitrogen and oxygen atoms in total.